The van der Waals surface area contributed by atoms with Crippen LogP contribution >= 0.6 is 27.5 Å². The number of hydrogen-bond acceptors (Lipinski definition) is 2. The van der Waals surface area contributed by atoms with Gasteiger partial charge in [0.05, 0.1) is 38.1 Å². The SMILES string of the molecule is CC(N)=NCc1ccc(CCCC[18F])c(Br)c1.CC(N)=NCc1ccc(CCC[18F])c(Cl)c1.O. The standard InChI is InChI=1S/C13H18BrFN2.C12H16ClFN2.H2O/c1-10(16)17-9-11-5-6-12(13(14)8-11)4-2-3-7-15;1-9(15)16-8-10-4-5-11(3-2-6-14)12(13)7-10;/h5-6,8H,2-4,7,9H2,1H3,(H2,16,17);4-5,7H,2-3,6,8H2,1H3,(H2,15,16);1H2/i15-1;14-1;. The number of rotatable bonds is 11. The topological polar surface area (TPSA) is 108 Å². The number of nitrogens with two attached hydrogens (primary N) is 2. The first kappa shape index (κ1) is 32.0. The summed E-state index contributed by atoms with van der Waals surface area (Å²) in [5.41, 5.74) is 15.3. The van der Waals surface area contributed by atoms with E-state index in [1.807, 2.05) is 24.3 Å². The Morgan fingerprint density at radius 2 is 1.32 bits per heavy atom. The summed E-state index contributed by atoms with van der Waals surface area (Å²) in [6, 6.07) is 11.9. The van der Waals surface area contributed by atoms with Crippen LogP contribution < -0.4 is 11.5 Å². The minimum atomic E-state index is -0.311. The summed E-state index contributed by atoms with van der Waals surface area (Å²) < 4.78 is 25.1. The number of benzene rings is 2. The van der Waals surface area contributed by atoms with Gasteiger partial charge in [-0.2, -0.15) is 0 Å². The molecule has 5 nitrogen and oxygen atoms in total. The molecule has 0 spiro atoms. The predicted molar refractivity (Wildman–Crippen MR) is 144 cm³/mol. The van der Waals surface area contributed by atoms with Crippen molar-refractivity contribution in [2.24, 2.45) is 21.5 Å². The first-order valence-corrected chi connectivity index (χ1v) is 12.1. The molecular weight excluding hydrogens is 524 g/mol. The molecule has 0 fully saturated rings. The minimum Gasteiger partial charge on any atom is -0.412 e. The zero-order valence-corrected chi connectivity index (χ0v) is 22.2. The summed E-state index contributed by atoms with van der Waals surface area (Å²) in [6.07, 6.45) is 3.61. The van der Waals surface area contributed by atoms with E-state index in [-0.39, 0.29) is 18.8 Å². The lowest BCUT2D eigenvalue weighted by molar-refractivity contribution is 0.462. The quantitative estimate of drug-likeness (QED) is 0.203. The van der Waals surface area contributed by atoms with Gasteiger partial charge in [0.15, 0.2) is 0 Å². The Hall–Kier alpha value is -2.03. The van der Waals surface area contributed by atoms with Crippen molar-refractivity contribution in [2.75, 3.05) is 13.3 Å². The number of aryl methyl sites for hydroxylation is 2. The zero-order chi connectivity index (χ0) is 24.6. The van der Waals surface area contributed by atoms with Gasteiger partial charge in [0.2, 0.25) is 0 Å². The van der Waals surface area contributed by atoms with E-state index in [4.69, 9.17) is 23.1 Å². The first-order valence-electron chi connectivity index (χ1n) is 11.0. The fraction of sp³-hybridized carbons (Fsp3) is 0.440. The maximum Gasteiger partial charge on any atom is 0.0909 e. The number of unbranched alkanes of at least 4 members (excludes halogenated alkanes) is 1. The van der Waals surface area contributed by atoms with Crippen LogP contribution in [0.1, 0.15) is 55.4 Å². The highest BCUT2D eigenvalue weighted by molar-refractivity contribution is 9.10. The van der Waals surface area contributed by atoms with E-state index in [2.05, 4.69) is 38.0 Å². The molecule has 0 aliphatic carbocycles. The van der Waals surface area contributed by atoms with Gasteiger partial charge >= 0.3 is 0 Å². The van der Waals surface area contributed by atoms with Gasteiger partial charge in [0.1, 0.15) is 0 Å². The van der Waals surface area contributed by atoms with Crippen molar-refractivity contribution in [1.82, 2.24) is 0 Å². The van der Waals surface area contributed by atoms with Crippen LogP contribution in [0.25, 0.3) is 0 Å². The fourth-order valence-electron chi connectivity index (χ4n) is 2.88. The van der Waals surface area contributed by atoms with Crippen LogP contribution in [0.2, 0.25) is 5.02 Å². The number of nitrogens with zero attached hydrogens (tertiary/aromatic N) is 2. The second-order valence-corrected chi connectivity index (χ2v) is 8.97. The van der Waals surface area contributed by atoms with Crippen LogP contribution in [0.5, 0.6) is 0 Å². The molecular formula is C25H36BrClF2N4O. The summed E-state index contributed by atoms with van der Waals surface area (Å²) in [7, 11) is 0. The molecule has 0 bridgehead atoms. The van der Waals surface area contributed by atoms with Gasteiger partial charge < -0.3 is 16.9 Å². The highest BCUT2D eigenvalue weighted by atomic mass is 79.9. The molecule has 0 aromatic heterocycles. The summed E-state index contributed by atoms with van der Waals surface area (Å²) in [5.74, 6) is 1.14. The summed E-state index contributed by atoms with van der Waals surface area (Å²) >= 11 is 9.61. The predicted octanol–water partition coefficient (Wildman–Crippen LogP) is 5.91. The van der Waals surface area contributed by atoms with Gasteiger partial charge in [-0.05, 0) is 80.3 Å². The molecule has 0 radical (unpaired) electrons. The molecule has 0 heterocycles. The first-order chi connectivity index (χ1) is 15.8. The van der Waals surface area contributed by atoms with Crippen LogP contribution in [-0.2, 0) is 25.9 Å². The molecule has 9 heteroatoms. The van der Waals surface area contributed by atoms with Crippen molar-refractivity contribution < 1.29 is 14.3 Å². The van der Waals surface area contributed by atoms with Crippen LogP contribution in [-0.4, -0.2) is 30.5 Å². The summed E-state index contributed by atoms with van der Waals surface area (Å²) in [5, 5.41) is 0.677. The van der Waals surface area contributed by atoms with Crippen LogP contribution in [0.15, 0.2) is 50.9 Å². The average Bonchev–Trinajstić information content (AvgIpc) is 2.77. The van der Waals surface area contributed by atoms with Crippen molar-refractivity contribution in [1.29, 1.82) is 0 Å². The minimum absolute atomic E-state index is 0. The number of halogens is 4. The van der Waals surface area contributed by atoms with Gasteiger partial charge in [-0.3, -0.25) is 18.8 Å². The lowest BCUT2D eigenvalue weighted by Crippen LogP contribution is -2.05. The molecule has 2 aromatic carbocycles. The van der Waals surface area contributed by atoms with Gasteiger partial charge in [-0.25, -0.2) is 0 Å². The Morgan fingerprint density at radius 3 is 1.79 bits per heavy atom. The second-order valence-electron chi connectivity index (χ2n) is 7.71. The smallest absolute Gasteiger partial charge is 0.0909 e. The second kappa shape index (κ2) is 18.3. The lowest BCUT2D eigenvalue weighted by atomic mass is 10.1. The van der Waals surface area contributed by atoms with E-state index >= 15 is 0 Å². The number of amidine groups is 2. The van der Waals surface area contributed by atoms with E-state index in [9.17, 15) is 8.78 Å². The molecule has 0 unspecified atom stereocenters. The summed E-state index contributed by atoms with van der Waals surface area (Å²) in [6.45, 7) is 4.11. The van der Waals surface area contributed by atoms with Crippen LogP contribution in [0.4, 0.5) is 8.78 Å². The van der Waals surface area contributed by atoms with Gasteiger partial charge in [-0.15, -0.1) is 0 Å². The van der Waals surface area contributed by atoms with E-state index in [1.54, 1.807) is 13.8 Å². The van der Waals surface area contributed by atoms with Crippen molar-refractivity contribution >= 4 is 39.2 Å². The monoisotopic (exact) mass is 558 g/mol. The number of hydrogen-bond donors (Lipinski definition) is 2. The molecule has 6 N–H and O–H groups in total. The average molecular weight is 560 g/mol. The third-order valence-corrected chi connectivity index (χ3v) is 5.76. The van der Waals surface area contributed by atoms with Crippen molar-refractivity contribution in [3.63, 3.8) is 0 Å². The van der Waals surface area contributed by atoms with Crippen molar-refractivity contribution in [2.45, 2.75) is 59.0 Å². The van der Waals surface area contributed by atoms with Gasteiger partial charge in [-0.1, -0.05) is 51.8 Å². The number of alkyl halides is 2. The van der Waals surface area contributed by atoms with E-state index in [0.717, 1.165) is 34.0 Å². The molecule has 2 aromatic rings. The van der Waals surface area contributed by atoms with Crippen molar-refractivity contribution in [3.05, 3.63) is 68.1 Å². The van der Waals surface area contributed by atoms with Gasteiger partial charge in [0, 0.05) is 9.50 Å². The Morgan fingerprint density at radius 1 is 0.824 bits per heavy atom. The molecule has 2 rings (SSSR count). The molecule has 0 aliphatic rings. The fourth-order valence-corrected chi connectivity index (χ4v) is 3.81. The largest absolute Gasteiger partial charge is 0.412 e. The molecule has 0 saturated heterocycles. The molecule has 0 atom stereocenters. The molecule has 0 aliphatic heterocycles. The summed E-state index contributed by atoms with van der Waals surface area (Å²) in [4.78, 5) is 8.27. The highest BCUT2D eigenvalue weighted by Crippen LogP contribution is 2.21. The Bertz CT molecular complexity index is 918. The van der Waals surface area contributed by atoms with Crippen molar-refractivity contribution in [3.8, 4) is 0 Å². The van der Waals surface area contributed by atoms with E-state index in [0.29, 0.717) is 49.0 Å². The molecule has 34 heavy (non-hydrogen) atoms. The number of aliphatic imine (C=N–C) groups is 2. The maximum absolute atomic E-state index is 12.0. The molecule has 0 amide bonds. The lowest BCUT2D eigenvalue weighted by Gasteiger charge is -2.06. The Kier molecular flexibility index (Phi) is 17.2. The molecule has 190 valence electrons. The molecule has 0 saturated carbocycles. The third-order valence-electron chi connectivity index (χ3n) is 4.67. The van der Waals surface area contributed by atoms with Crippen LogP contribution in [0, 0.1) is 0 Å². The van der Waals surface area contributed by atoms with Crippen LogP contribution in [0.3, 0.4) is 0 Å². The zero-order valence-electron chi connectivity index (χ0n) is 19.9. The Balaban J connectivity index is 0.000000623. The normalized spacial score (nSPS) is 11.5. The maximum atomic E-state index is 12.0. The Labute approximate surface area is 215 Å². The van der Waals surface area contributed by atoms with E-state index < -0.39 is 0 Å². The third kappa shape index (κ3) is 13.6. The van der Waals surface area contributed by atoms with E-state index in [1.165, 1.54) is 5.56 Å². The highest BCUT2D eigenvalue weighted by Gasteiger charge is 2.03. The van der Waals surface area contributed by atoms with Gasteiger partial charge in [0.25, 0.3) is 0 Å².